The van der Waals surface area contributed by atoms with E-state index in [0.29, 0.717) is 0 Å². The second kappa shape index (κ2) is 3.34. The molecule has 2 rings (SSSR count). The van der Waals surface area contributed by atoms with Crippen LogP contribution in [0.4, 0.5) is 4.39 Å². The highest BCUT2D eigenvalue weighted by molar-refractivity contribution is 5.99. The second-order valence-electron chi connectivity index (χ2n) is 2.85. The number of ketones is 1. The molecule has 0 fully saturated rings. The van der Waals surface area contributed by atoms with E-state index in [1.165, 1.54) is 19.5 Å². The number of hydrogen-bond acceptors (Lipinski definition) is 4. The van der Waals surface area contributed by atoms with Crippen LogP contribution in [0.5, 0.6) is 5.75 Å². The van der Waals surface area contributed by atoms with Crippen LogP contribution in [0.1, 0.15) is 22.3 Å². The predicted molar refractivity (Wildman–Crippen MR) is 44.9 cm³/mol. The molecule has 0 aliphatic carbocycles. The molecule has 0 bridgehead atoms. The van der Waals surface area contributed by atoms with E-state index >= 15 is 0 Å². The van der Waals surface area contributed by atoms with Gasteiger partial charge in [0.05, 0.1) is 24.4 Å². The third kappa shape index (κ3) is 1.26. The van der Waals surface area contributed by atoms with Gasteiger partial charge in [0.15, 0.2) is 5.78 Å². The minimum absolute atomic E-state index is 0.138. The fourth-order valence-corrected chi connectivity index (χ4v) is 1.38. The van der Waals surface area contributed by atoms with Crippen LogP contribution in [-0.2, 0) is 4.74 Å². The Balaban J connectivity index is 2.60. The van der Waals surface area contributed by atoms with Gasteiger partial charge in [-0.2, -0.15) is 0 Å². The number of carbonyl (C=O) groups excluding carboxylic acids is 1. The smallest absolute Gasteiger partial charge is 0.229 e. The van der Waals surface area contributed by atoms with Gasteiger partial charge < -0.3 is 9.47 Å². The Morgan fingerprint density at radius 1 is 1.64 bits per heavy atom. The largest absolute Gasteiger partial charge is 0.495 e. The average molecular weight is 197 g/mol. The van der Waals surface area contributed by atoms with E-state index in [0.717, 1.165) is 0 Å². The lowest BCUT2D eigenvalue weighted by Crippen LogP contribution is -2.21. The number of rotatable bonds is 1. The summed E-state index contributed by atoms with van der Waals surface area (Å²) in [5.41, 5.74) is 0.377. The van der Waals surface area contributed by atoms with E-state index in [2.05, 4.69) is 9.72 Å². The van der Waals surface area contributed by atoms with Crippen molar-refractivity contribution in [1.82, 2.24) is 4.98 Å². The number of aromatic nitrogens is 1. The molecule has 0 radical (unpaired) electrons. The summed E-state index contributed by atoms with van der Waals surface area (Å²) in [6.45, 7) is -0.247. The predicted octanol–water partition coefficient (Wildman–Crippen LogP) is 1.27. The van der Waals surface area contributed by atoms with E-state index in [4.69, 9.17) is 4.74 Å². The number of ether oxygens (including phenoxy) is 2. The van der Waals surface area contributed by atoms with Crippen LogP contribution in [-0.4, -0.2) is 24.5 Å². The van der Waals surface area contributed by atoms with E-state index < -0.39 is 6.36 Å². The Morgan fingerprint density at radius 3 is 3.14 bits per heavy atom. The van der Waals surface area contributed by atoms with E-state index in [9.17, 15) is 9.18 Å². The van der Waals surface area contributed by atoms with Gasteiger partial charge in [0.1, 0.15) is 12.4 Å². The van der Waals surface area contributed by atoms with Crippen molar-refractivity contribution in [2.75, 3.05) is 13.7 Å². The van der Waals surface area contributed by atoms with Crippen LogP contribution < -0.4 is 4.74 Å². The minimum atomic E-state index is -1.61. The summed E-state index contributed by atoms with van der Waals surface area (Å²) in [7, 11) is 1.39. The van der Waals surface area contributed by atoms with Crippen LogP contribution in [0.2, 0.25) is 0 Å². The molecule has 1 aliphatic rings. The van der Waals surface area contributed by atoms with Gasteiger partial charge in [0.25, 0.3) is 0 Å². The zero-order valence-electron chi connectivity index (χ0n) is 7.49. The van der Waals surface area contributed by atoms with Gasteiger partial charge in [-0.05, 0) is 0 Å². The van der Waals surface area contributed by atoms with Gasteiger partial charge in [-0.15, -0.1) is 0 Å². The summed E-state index contributed by atoms with van der Waals surface area (Å²) >= 11 is 0. The Labute approximate surface area is 79.7 Å². The van der Waals surface area contributed by atoms with Crippen LogP contribution >= 0.6 is 0 Å². The number of nitrogens with zero attached hydrogens (tertiary/aromatic N) is 1. The van der Waals surface area contributed by atoms with Crippen molar-refractivity contribution in [3.8, 4) is 5.75 Å². The van der Waals surface area contributed by atoms with Crippen LogP contribution in [0.25, 0.3) is 0 Å². The zero-order valence-corrected chi connectivity index (χ0v) is 7.49. The number of halogens is 1. The fourth-order valence-electron chi connectivity index (χ4n) is 1.38. The van der Waals surface area contributed by atoms with Gasteiger partial charge in [-0.3, -0.25) is 9.78 Å². The molecule has 0 saturated carbocycles. The lowest BCUT2D eigenvalue weighted by atomic mass is 10.0. The Hall–Kier alpha value is -1.49. The molecule has 0 spiro atoms. The molecule has 0 amide bonds. The van der Waals surface area contributed by atoms with E-state index in [1.54, 1.807) is 0 Å². The molecule has 2 heterocycles. The zero-order chi connectivity index (χ0) is 10.1. The van der Waals surface area contributed by atoms with Gasteiger partial charge in [-0.25, -0.2) is 4.39 Å². The van der Waals surface area contributed by atoms with Gasteiger partial charge in [0.2, 0.25) is 6.36 Å². The first kappa shape index (κ1) is 9.08. The van der Waals surface area contributed by atoms with Crippen molar-refractivity contribution in [3.05, 3.63) is 23.5 Å². The maximum atomic E-state index is 13.3. The summed E-state index contributed by atoms with van der Waals surface area (Å²) in [5, 5.41) is 0. The number of Topliss-reactive ketones (excluding diaryl/α,β-unsaturated/α-hetero) is 1. The van der Waals surface area contributed by atoms with E-state index in [1.807, 2.05) is 0 Å². The van der Waals surface area contributed by atoms with Crippen LogP contribution in [0.15, 0.2) is 12.4 Å². The number of methoxy groups -OCH3 is 1. The van der Waals surface area contributed by atoms with Gasteiger partial charge in [-0.1, -0.05) is 0 Å². The van der Waals surface area contributed by atoms with Crippen molar-refractivity contribution in [1.29, 1.82) is 0 Å². The number of alkyl halides is 1. The highest BCUT2D eigenvalue weighted by Gasteiger charge is 2.29. The SMILES string of the molecule is COc1cncc2c1C(F)OCC2=O. The molecule has 1 aromatic rings. The molecule has 1 unspecified atom stereocenters. The Bertz CT molecular complexity index is 380. The second-order valence-corrected chi connectivity index (χ2v) is 2.85. The molecule has 5 heteroatoms. The fraction of sp³-hybridized carbons (Fsp3) is 0.333. The van der Waals surface area contributed by atoms with Crippen molar-refractivity contribution in [3.63, 3.8) is 0 Å². The molecule has 0 N–H and O–H groups in total. The normalized spacial score (nSPS) is 20.4. The van der Waals surface area contributed by atoms with Crippen molar-refractivity contribution >= 4 is 5.78 Å². The molecular weight excluding hydrogens is 189 g/mol. The van der Waals surface area contributed by atoms with Crippen molar-refractivity contribution < 1.29 is 18.7 Å². The summed E-state index contributed by atoms with van der Waals surface area (Å²) in [6, 6.07) is 0. The van der Waals surface area contributed by atoms with Crippen LogP contribution in [0.3, 0.4) is 0 Å². The Kier molecular flexibility index (Phi) is 2.17. The highest BCUT2D eigenvalue weighted by Crippen LogP contribution is 2.34. The molecule has 14 heavy (non-hydrogen) atoms. The highest BCUT2D eigenvalue weighted by atomic mass is 19.1. The standard InChI is InChI=1S/C9H8FNO3/c1-13-7-3-11-2-5-6(12)4-14-9(10)8(5)7/h2-3,9H,4H2,1H3. The molecule has 1 aromatic heterocycles. The molecule has 74 valence electrons. The molecule has 4 nitrogen and oxygen atoms in total. The first-order chi connectivity index (χ1) is 6.74. The number of pyridine rings is 1. The minimum Gasteiger partial charge on any atom is -0.495 e. The maximum Gasteiger partial charge on any atom is 0.229 e. The summed E-state index contributed by atoms with van der Waals surface area (Å²) in [5.74, 6) is -0.0386. The monoisotopic (exact) mass is 197 g/mol. The average Bonchev–Trinajstić information content (AvgIpc) is 2.23. The number of fused-ring (bicyclic) bond motifs is 1. The lowest BCUT2D eigenvalue weighted by molar-refractivity contribution is -0.0410. The first-order valence-electron chi connectivity index (χ1n) is 4.05. The maximum absolute atomic E-state index is 13.3. The molecule has 1 atom stereocenters. The summed E-state index contributed by atoms with van der Waals surface area (Å²) in [4.78, 5) is 15.1. The number of hydrogen-bond donors (Lipinski definition) is 0. The number of carbonyl (C=O) groups is 1. The third-order valence-corrected chi connectivity index (χ3v) is 2.06. The first-order valence-corrected chi connectivity index (χ1v) is 4.05. The van der Waals surface area contributed by atoms with Crippen molar-refractivity contribution in [2.45, 2.75) is 6.36 Å². The quantitative estimate of drug-likeness (QED) is 0.680. The van der Waals surface area contributed by atoms with Crippen LogP contribution in [0, 0.1) is 0 Å². The van der Waals surface area contributed by atoms with Gasteiger partial charge in [0, 0.05) is 6.20 Å². The lowest BCUT2D eigenvalue weighted by Gasteiger charge is -2.20. The summed E-state index contributed by atoms with van der Waals surface area (Å²) < 4.78 is 22.8. The molecule has 0 saturated heterocycles. The van der Waals surface area contributed by atoms with E-state index in [-0.39, 0.29) is 29.3 Å². The summed E-state index contributed by atoms with van der Waals surface area (Å²) in [6.07, 6.45) is 1.07. The third-order valence-electron chi connectivity index (χ3n) is 2.06. The van der Waals surface area contributed by atoms with Gasteiger partial charge >= 0.3 is 0 Å². The Morgan fingerprint density at radius 2 is 2.43 bits per heavy atom. The molecular formula is C9H8FNO3. The topological polar surface area (TPSA) is 48.4 Å². The molecule has 1 aliphatic heterocycles. The van der Waals surface area contributed by atoms with Crippen molar-refractivity contribution in [2.24, 2.45) is 0 Å². The molecule has 0 aromatic carbocycles.